The van der Waals surface area contributed by atoms with Crippen molar-refractivity contribution in [2.24, 2.45) is 7.05 Å². The van der Waals surface area contributed by atoms with E-state index in [9.17, 15) is 4.79 Å². The van der Waals surface area contributed by atoms with Crippen LogP contribution in [0.25, 0.3) is 0 Å². The van der Waals surface area contributed by atoms with Gasteiger partial charge in [-0.3, -0.25) is 4.79 Å². The van der Waals surface area contributed by atoms with Crippen molar-refractivity contribution in [3.63, 3.8) is 0 Å². The Balaban J connectivity index is 1.56. The monoisotopic (exact) mass is 366 g/mol. The van der Waals surface area contributed by atoms with Crippen molar-refractivity contribution in [2.45, 2.75) is 37.6 Å². The summed E-state index contributed by atoms with van der Waals surface area (Å²) in [6.45, 7) is 5.32. The van der Waals surface area contributed by atoms with E-state index in [1.54, 1.807) is 11.3 Å². The van der Waals surface area contributed by atoms with Gasteiger partial charge in [-0.15, -0.1) is 21.5 Å². The van der Waals surface area contributed by atoms with Crippen LogP contribution in [0.5, 0.6) is 0 Å². The largest absolute Gasteiger partial charge is 0.372 e. The lowest BCUT2D eigenvalue weighted by atomic mass is 10.2. The topological polar surface area (TPSA) is 60.2 Å². The molecule has 0 aromatic carbocycles. The van der Waals surface area contributed by atoms with Crippen molar-refractivity contribution < 1.29 is 9.53 Å². The Kier molecular flexibility index (Phi) is 5.57. The molecule has 2 atom stereocenters. The normalized spacial score (nSPS) is 21.2. The summed E-state index contributed by atoms with van der Waals surface area (Å²) in [6.07, 6.45) is 0.957. The molecule has 1 aliphatic heterocycles. The molecule has 0 N–H and O–H groups in total. The lowest BCUT2D eigenvalue weighted by Crippen LogP contribution is -2.48. The van der Waals surface area contributed by atoms with Gasteiger partial charge in [-0.25, -0.2) is 0 Å². The Hall–Kier alpha value is -1.38. The molecule has 2 unspecified atom stereocenters. The van der Waals surface area contributed by atoms with E-state index in [1.165, 1.54) is 16.6 Å². The van der Waals surface area contributed by atoms with E-state index in [-0.39, 0.29) is 18.1 Å². The standard InChI is InChI=1S/C16H22N4O2S2/c1-11-8-20(9-12(2)22-11)15(21)10-24-16-18-17-14(19(16)3)7-13-5-4-6-23-13/h4-6,11-12H,7-10H2,1-3H3. The molecule has 1 amide bonds. The van der Waals surface area contributed by atoms with E-state index in [0.29, 0.717) is 18.8 Å². The van der Waals surface area contributed by atoms with Gasteiger partial charge in [0.25, 0.3) is 0 Å². The zero-order valence-corrected chi connectivity index (χ0v) is 15.8. The van der Waals surface area contributed by atoms with Crippen LogP contribution in [0, 0.1) is 0 Å². The fraction of sp³-hybridized carbons (Fsp3) is 0.562. The summed E-state index contributed by atoms with van der Waals surface area (Å²) in [5.41, 5.74) is 0. The number of amides is 1. The van der Waals surface area contributed by atoms with Gasteiger partial charge in [0.2, 0.25) is 5.91 Å². The molecular formula is C16H22N4O2S2. The summed E-state index contributed by atoms with van der Waals surface area (Å²) in [4.78, 5) is 15.6. The summed E-state index contributed by atoms with van der Waals surface area (Å²) in [6, 6.07) is 4.13. The molecule has 1 saturated heterocycles. The van der Waals surface area contributed by atoms with Gasteiger partial charge in [0.1, 0.15) is 5.82 Å². The Bertz CT molecular complexity index is 676. The minimum absolute atomic E-state index is 0.0925. The molecule has 0 bridgehead atoms. The number of ether oxygens (including phenoxy) is 1. The Morgan fingerprint density at radius 1 is 1.38 bits per heavy atom. The van der Waals surface area contributed by atoms with Crippen molar-refractivity contribution in [1.82, 2.24) is 19.7 Å². The van der Waals surface area contributed by atoms with Gasteiger partial charge in [-0.2, -0.15) is 0 Å². The second kappa shape index (κ2) is 7.67. The van der Waals surface area contributed by atoms with Crippen molar-refractivity contribution >= 4 is 29.0 Å². The van der Waals surface area contributed by atoms with Gasteiger partial charge in [0.15, 0.2) is 5.16 Å². The number of morpholine rings is 1. The maximum atomic E-state index is 12.4. The zero-order chi connectivity index (χ0) is 17.1. The number of hydrogen-bond donors (Lipinski definition) is 0. The van der Waals surface area contributed by atoms with Crippen LogP contribution in [0.4, 0.5) is 0 Å². The van der Waals surface area contributed by atoms with Gasteiger partial charge in [0.05, 0.1) is 18.0 Å². The van der Waals surface area contributed by atoms with Gasteiger partial charge in [0, 0.05) is 31.4 Å². The minimum Gasteiger partial charge on any atom is -0.372 e. The van der Waals surface area contributed by atoms with Crippen LogP contribution >= 0.6 is 23.1 Å². The Labute approximate surface area is 150 Å². The van der Waals surface area contributed by atoms with Crippen LogP contribution in [0.15, 0.2) is 22.7 Å². The quantitative estimate of drug-likeness (QED) is 0.759. The van der Waals surface area contributed by atoms with Crippen LogP contribution in [0.1, 0.15) is 24.5 Å². The van der Waals surface area contributed by atoms with E-state index < -0.39 is 0 Å². The summed E-state index contributed by atoms with van der Waals surface area (Å²) < 4.78 is 7.65. The van der Waals surface area contributed by atoms with E-state index in [0.717, 1.165) is 17.4 Å². The van der Waals surface area contributed by atoms with Crippen LogP contribution in [-0.2, 0) is 23.0 Å². The van der Waals surface area contributed by atoms with E-state index >= 15 is 0 Å². The number of rotatable bonds is 5. The third kappa shape index (κ3) is 4.17. The van der Waals surface area contributed by atoms with Crippen LogP contribution < -0.4 is 0 Å². The third-order valence-electron chi connectivity index (χ3n) is 3.93. The number of nitrogens with zero attached hydrogens (tertiary/aromatic N) is 4. The number of thioether (sulfide) groups is 1. The van der Waals surface area contributed by atoms with Crippen LogP contribution in [-0.4, -0.2) is 56.6 Å². The molecular weight excluding hydrogens is 344 g/mol. The fourth-order valence-corrected chi connectivity index (χ4v) is 4.33. The fourth-order valence-electron chi connectivity index (χ4n) is 2.79. The van der Waals surface area contributed by atoms with Crippen molar-refractivity contribution in [3.05, 3.63) is 28.2 Å². The maximum absolute atomic E-state index is 12.4. The molecule has 0 radical (unpaired) electrons. The Morgan fingerprint density at radius 2 is 2.12 bits per heavy atom. The third-order valence-corrected chi connectivity index (χ3v) is 5.82. The molecule has 2 aromatic heterocycles. The number of carbonyl (C=O) groups excluding carboxylic acids is 1. The molecule has 8 heteroatoms. The molecule has 6 nitrogen and oxygen atoms in total. The number of thiophene rings is 1. The first-order valence-electron chi connectivity index (χ1n) is 7.99. The predicted octanol–water partition coefficient (Wildman–Crippen LogP) is 2.20. The van der Waals surface area contributed by atoms with Gasteiger partial charge >= 0.3 is 0 Å². The average Bonchev–Trinajstić information content (AvgIpc) is 3.16. The number of aromatic nitrogens is 3. The summed E-state index contributed by atoms with van der Waals surface area (Å²) in [5, 5.41) is 11.3. The first-order chi connectivity index (χ1) is 11.5. The molecule has 0 aliphatic carbocycles. The smallest absolute Gasteiger partial charge is 0.233 e. The second-order valence-electron chi connectivity index (χ2n) is 6.06. The summed E-state index contributed by atoms with van der Waals surface area (Å²) >= 11 is 3.16. The first kappa shape index (κ1) is 17.4. The maximum Gasteiger partial charge on any atom is 0.233 e. The number of hydrogen-bond acceptors (Lipinski definition) is 6. The van der Waals surface area contributed by atoms with Crippen molar-refractivity contribution in [2.75, 3.05) is 18.8 Å². The van der Waals surface area contributed by atoms with Gasteiger partial charge < -0.3 is 14.2 Å². The molecule has 0 saturated carbocycles. The molecule has 3 rings (SSSR count). The molecule has 1 aliphatic rings. The highest BCUT2D eigenvalue weighted by Gasteiger charge is 2.26. The molecule has 1 fully saturated rings. The highest BCUT2D eigenvalue weighted by atomic mass is 32.2. The van der Waals surface area contributed by atoms with Gasteiger partial charge in [-0.05, 0) is 25.3 Å². The molecule has 130 valence electrons. The highest BCUT2D eigenvalue weighted by Crippen LogP contribution is 2.20. The second-order valence-corrected chi connectivity index (χ2v) is 8.03. The van der Waals surface area contributed by atoms with Crippen LogP contribution in [0.2, 0.25) is 0 Å². The summed E-state index contributed by atoms with van der Waals surface area (Å²) in [7, 11) is 1.95. The molecule has 3 heterocycles. The highest BCUT2D eigenvalue weighted by molar-refractivity contribution is 7.99. The predicted molar refractivity (Wildman–Crippen MR) is 95.4 cm³/mol. The molecule has 0 spiro atoms. The van der Waals surface area contributed by atoms with Gasteiger partial charge in [-0.1, -0.05) is 17.8 Å². The molecule has 24 heavy (non-hydrogen) atoms. The number of carbonyl (C=O) groups is 1. The van der Waals surface area contributed by atoms with Crippen LogP contribution in [0.3, 0.4) is 0 Å². The van der Waals surface area contributed by atoms with E-state index in [1.807, 2.05) is 36.4 Å². The zero-order valence-electron chi connectivity index (χ0n) is 14.1. The lowest BCUT2D eigenvalue weighted by Gasteiger charge is -2.35. The van der Waals surface area contributed by atoms with Crippen molar-refractivity contribution in [3.8, 4) is 0 Å². The van der Waals surface area contributed by atoms with E-state index in [2.05, 4.69) is 21.6 Å². The van der Waals surface area contributed by atoms with E-state index in [4.69, 9.17) is 4.74 Å². The Morgan fingerprint density at radius 3 is 2.79 bits per heavy atom. The minimum atomic E-state index is 0.0925. The van der Waals surface area contributed by atoms with Crippen molar-refractivity contribution in [1.29, 1.82) is 0 Å². The molecule has 2 aromatic rings. The first-order valence-corrected chi connectivity index (χ1v) is 9.86. The summed E-state index contributed by atoms with van der Waals surface area (Å²) in [5.74, 6) is 1.43. The SMILES string of the molecule is CC1CN(C(=O)CSc2nnc(Cc3cccs3)n2C)CC(C)O1. The average molecular weight is 367 g/mol. The lowest BCUT2D eigenvalue weighted by molar-refractivity contribution is -0.140.